The van der Waals surface area contributed by atoms with Crippen molar-refractivity contribution in [3.8, 4) is 6.07 Å². The molecule has 0 aliphatic carbocycles. The molecule has 4 heteroatoms. The highest BCUT2D eigenvalue weighted by Crippen LogP contribution is 2.20. The summed E-state index contributed by atoms with van der Waals surface area (Å²) in [6.45, 7) is 2.05. The van der Waals surface area contributed by atoms with E-state index in [-0.39, 0.29) is 6.04 Å². The van der Waals surface area contributed by atoms with E-state index < -0.39 is 0 Å². The fourth-order valence-electron chi connectivity index (χ4n) is 1.67. The van der Waals surface area contributed by atoms with Crippen molar-refractivity contribution >= 4 is 17.3 Å². The molecule has 0 fully saturated rings. The molecule has 1 unspecified atom stereocenters. The van der Waals surface area contributed by atoms with Gasteiger partial charge in [-0.25, -0.2) is 4.98 Å². The lowest BCUT2D eigenvalue weighted by Crippen LogP contribution is -2.06. The zero-order chi connectivity index (χ0) is 13.0. The van der Waals surface area contributed by atoms with Gasteiger partial charge in [-0.2, -0.15) is 5.26 Å². The molecule has 3 nitrogen and oxygen atoms in total. The average Bonchev–Trinajstić information content (AvgIpc) is 2.39. The SMILES string of the molecule is CC(Nc1ccnc(C#N)c1)c1ccc(Cl)cc1. The molecule has 1 heterocycles. The van der Waals surface area contributed by atoms with E-state index in [9.17, 15) is 0 Å². The van der Waals surface area contributed by atoms with Gasteiger partial charge in [0, 0.05) is 22.9 Å². The van der Waals surface area contributed by atoms with E-state index in [1.165, 1.54) is 0 Å². The standard InChI is InChI=1S/C14H12ClN3/c1-10(11-2-4-12(15)5-3-11)18-13-6-7-17-14(8-13)9-16/h2-8,10H,1H3,(H,17,18). The number of anilines is 1. The summed E-state index contributed by atoms with van der Waals surface area (Å²) in [5.41, 5.74) is 2.42. The van der Waals surface area contributed by atoms with Gasteiger partial charge in [-0.05, 0) is 36.8 Å². The molecular weight excluding hydrogens is 246 g/mol. The van der Waals surface area contributed by atoms with Crippen LogP contribution in [0.15, 0.2) is 42.6 Å². The molecule has 1 aromatic heterocycles. The molecular formula is C14H12ClN3. The predicted octanol–water partition coefficient (Wildman–Crippen LogP) is 3.78. The second-order valence-electron chi connectivity index (χ2n) is 3.96. The minimum Gasteiger partial charge on any atom is -0.378 e. The topological polar surface area (TPSA) is 48.7 Å². The van der Waals surface area contributed by atoms with Crippen LogP contribution in [0.25, 0.3) is 0 Å². The van der Waals surface area contributed by atoms with Crippen LogP contribution in [-0.4, -0.2) is 4.98 Å². The third kappa shape index (κ3) is 2.99. The highest BCUT2D eigenvalue weighted by Gasteiger charge is 2.05. The number of nitrogens with zero attached hydrogens (tertiary/aromatic N) is 2. The quantitative estimate of drug-likeness (QED) is 0.910. The summed E-state index contributed by atoms with van der Waals surface area (Å²) in [4.78, 5) is 3.93. The van der Waals surface area contributed by atoms with Crippen LogP contribution in [0.3, 0.4) is 0 Å². The number of pyridine rings is 1. The molecule has 1 aromatic carbocycles. The lowest BCUT2D eigenvalue weighted by Gasteiger charge is -2.15. The van der Waals surface area contributed by atoms with Crippen LogP contribution in [0.2, 0.25) is 5.02 Å². The summed E-state index contributed by atoms with van der Waals surface area (Å²) in [5, 5.41) is 12.8. The number of aromatic nitrogens is 1. The monoisotopic (exact) mass is 257 g/mol. The molecule has 0 radical (unpaired) electrons. The van der Waals surface area contributed by atoms with E-state index in [0.29, 0.717) is 5.69 Å². The Balaban J connectivity index is 2.13. The van der Waals surface area contributed by atoms with E-state index in [2.05, 4.69) is 17.2 Å². The van der Waals surface area contributed by atoms with Crippen LogP contribution in [0.1, 0.15) is 24.2 Å². The average molecular weight is 258 g/mol. The largest absolute Gasteiger partial charge is 0.378 e. The van der Waals surface area contributed by atoms with Crippen molar-refractivity contribution in [2.45, 2.75) is 13.0 Å². The van der Waals surface area contributed by atoms with Gasteiger partial charge in [0.25, 0.3) is 0 Å². The molecule has 0 amide bonds. The Bertz CT molecular complexity index is 572. The summed E-state index contributed by atoms with van der Waals surface area (Å²) in [7, 11) is 0. The zero-order valence-electron chi connectivity index (χ0n) is 9.89. The van der Waals surface area contributed by atoms with E-state index >= 15 is 0 Å². The summed E-state index contributed by atoms with van der Waals surface area (Å²) in [5.74, 6) is 0. The Hall–Kier alpha value is -2.05. The molecule has 1 N–H and O–H groups in total. The summed E-state index contributed by atoms with van der Waals surface area (Å²) >= 11 is 5.85. The Kier molecular flexibility index (Phi) is 3.81. The molecule has 2 rings (SSSR count). The molecule has 0 aliphatic rings. The fraction of sp³-hybridized carbons (Fsp3) is 0.143. The minimum absolute atomic E-state index is 0.135. The minimum atomic E-state index is 0.135. The number of rotatable bonds is 3. The van der Waals surface area contributed by atoms with Gasteiger partial charge in [0.15, 0.2) is 0 Å². The normalized spacial score (nSPS) is 11.6. The first-order valence-electron chi connectivity index (χ1n) is 5.57. The van der Waals surface area contributed by atoms with Gasteiger partial charge < -0.3 is 5.32 Å². The number of hydrogen-bond donors (Lipinski definition) is 1. The van der Waals surface area contributed by atoms with Crippen LogP contribution in [0.4, 0.5) is 5.69 Å². The van der Waals surface area contributed by atoms with Gasteiger partial charge in [0.05, 0.1) is 0 Å². The molecule has 0 aliphatic heterocycles. The molecule has 2 aromatic rings. The van der Waals surface area contributed by atoms with E-state index in [0.717, 1.165) is 16.3 Å². The van der Waals surface area contributed by atoms with Gasteiger partial charge in [-0.3, -0.25) is 0 Å². The van der Waals surface area contributed by atoms with Crippen LogP contribution in [0.5, 0.6) is 0 Å². The van der Waals surface area contributed by atoms with Crippen molar-refractivity contribution in [1.82, 2.24) is 4.98 Å². The highest BCUT2D eigenvalue weighted by molar-refractivity contribution is 6.30. The number of nitriles is 1. The van der Waals surface area contributed by atoms with E-state index in [1.807, 2.05) is 36.4 Å². The van der Waals surface area contributed by atoms with Crippen LogP contribution < -0.4 is 5.32 Å². The lowest BCUT2D eigenvalue weighted by molar-refractivity contribution is 0.884. The van der Waals surface area contributed by atoms with Gasteiger partial charge in [0.1, 0.15) is 11.8 Å². The first kappa shape index (κ1) is 12.4. The van der Waals surface area contributed by atoms with Crippen LogP contribution in [-0.2, 0) is 0 Å². The molecule has 1 atom stereocenters. The zero-order valence-corrected chi connectivity index (χ0v) is 10.6. The first-order valence-corrected chi connectivity index (χ1v) is 5.95. The van der Waals surface area contributed by atoms with Crippen LogP contribution in [0, 0.1) is 11.3 Å². The van der Waals surface area contributed by atoms with Crippen molar-refractivity contribution in [1.29, 1.82) is 5.26 Å². The van der Waals surface area contributed by atoms with Crippen molar-refractivity contribution < 1.29 is 0 Å². The van der Waals surface area contributed by atoms with E-state index in [1.54, 1.807) is 12.3 Å². The van der Waals surface area contributed by atoms with Gasteiger partial charge >= 0.3 is 0 Å². The summed E-state index contributed by atoms with van der Waals surface area (Å²) in [6.07, 6.45) is 1.62. The Morgan fingerprint density at radius 1 is 1.28 bits per heavy atom. The molecule has 18 heavy (non-hydrogen) atoms. The third-order valence-electron chi connectivity index (χ3n) is 2.63. The van der Waals surface area contributed by atoms with Crippen molar-refractivity contribution in [2.24, 2.45) is 0 Å². The highest BCUT2D eigenvalue weighted by atomic mass is 35.5. The maximum absolute atomic E-state index is 8.79. The smallest absolute Gasteiger partial charge is 0.142 e. The number of nitrogens with one attached hydrogen (secondary N) is 1. The number of halogens is 1. The summed E-state index contributed by atoms with van der Waals surface area (Å²) in [6, 6.07) is 13.4. The Morgan fingerprint density at radius 2 is 2.00 bits per heavy atom. The van der Waals surface area contributed by atoms with Gasteiger partial charge in [0.2, 0.25) is 0 Å². The lowest BCUT2D eigenvalue weighted by atomic mass is 10.1. The fourth-order valence-corrected chi connectivity index (χ4v) is 1.79. The second kappa shape index (κ2) is 5.52. The molecule has 0 bridgehead atoms. The maximum atomic E-state index is 8.79. The molecule has 0 saturated heterocycles. The van der Waals surface area contributed by atoms with Gasteiger partial charge in [-0.1, -0.05) is 23.7 Å². The third-order valence-corrected chi connectivity index (χ3v) is 2.88. The number of hydrogen-bond acceptors (Lipinski definition) is 3. The maximum Gasteiger partial charge on any atom is 0.142 e. The first-order chi connectivity index (χ1) is 8.69. The number of benzene rings is 1. The summed E-state index contributed by atoms with van der Waals surface area (Å²) < 4.78 is 0. The Labute approximate surface area is 111 Å². The molecule has 90 valence electrons. The van der Waals surface area contributed by atoms with Crippen LogP contribution >= 0.6 is 11.6 Å². The Morgan fingerprint density at radius 3 is 2.67 bits per heavy atom. The van der Waals surface area contributed by atoms with Crippen molar-refractivity contribution in [2.75, 3.05) is 5.32 Å². The van der Waals surface area contributed by atoms with Crippen molar-refractivity contribution in [3.63, 3.8) is 0 Å². The molecule has 0 saturated carbocycles. The van der Waals surface area contributed by atoms with Crippen molar-refractivity contribution in [3.05, 3.63) is 58.9 Å². The predicted molar refractivity (Wildman–Crippen MR) is 72.4 cm³/mol. The van der Waals surface area contributed by atoms with Gasteiger partial charge in [-0.15, -0.1) is 0 Å². The van der Waals surface area contributed by atoms with E-state index in [4.69, 9.17) is 16.9 Å². The molecule has 0 spiro atoms. The second-order valence-corrected chi connectivity index (χ2v) is 4.40.